The minimum absolute atomic E-state index is 0.00299. The van der Waals surface area contributed by atoms with Gasteiger partial charge in [-0.1, -0.05) is 27.5 Å². The van der Waals surface area contributed by atoms with E-state index in [-0.39, 0.29) is 6.04 Å². The Morgan fingerprint density at radius 3 is 2.65 bits per heavy atom. The van der Waals surface area contributed by atoms with Crippen LogP contribution in [-0.4, -0.2) is 7.05 Å². The van der Waals surface area contributed by atoms with E-state index in [1.54, 1.807) is 0 Å². The molecule has 1 aromatic heterocycles. The smallest absolute Gasteiger partial charge is 0.125 e. The molecule has 4 heteroatoms. The summed E-state index contributed by atoms with van der Waals surface area (Å²) >= 11 is 9.57. The molecule has 1 atom stereocenters. The summed E-state index contributed by atoms with van der Waals surface area (Å²) in [7, 11) is 1.90. The average molecular weight is 315 g/mol. The molecule has 0 saturated heterocycles. The van der Waals surface area contributed by atoms with Crippen molar-refractivity contribution in [3.05, 3.63) is 56.9 Å². The van der Waals surface area contributed by atoms with Crippen LogP contribution in [0.5, 0.6) is 0 Å². The summed E-state index contributed by atoms with van der Waals surface area (Å²) < 4.78 is 6.67. The summed E-state index contributed by atoms with van der Waals surface area (Å²) in [6, 6.07) is 9.66. The van der Waals surface area contributed by atoms with Crippen LogP contribution in [0.15, 0.2) is 39.2 Å². The fourth-order valence-electron chi connectivity index (χ4n) is 1.80. The molecule has 0 spiro atoms. The molecule has 0 aliphatic rings. The van der Waals surface area contributed by atoms with Gasteiger partial charge in [-0.25, -0.2) is 0 Å². The Bertz CT molecular complexity index is 524. The van der Waals surface area contributed by atoms with Gasteiger partial charge in [0, 0.05) is 9.50 Å². The van der Waals surface area contributed by atoms with Crippen LogP contribution < -0.4 is 5.32 Å². The lowest BCUT2D eigenvalue weighted by molar-refractivity contribution is 0.443. The number of rotatable bonds is 3. The molecule has 0 aliphatic carbocycles. The number of halogens is 2. The Kier molecular flexibility index (Phi) is 3.92. The predicted molar refractivity (Wildman–Crippen MR) is 73.5 cm³/mol. The standard InChI is InChI=1S/C13H13BrClNO/c1-8-3-6-12(17-8)13(16-2)10-7-9(15)4-5-11(10)14/h3-7,13,16H,1-2H3. The number of hydrogen-bond donors (Lipinski definition) is 1. The highest BCUT2D eigenvalue weighted by molar-refractivity contribution is 9.10. The van der Waals surface area contributed by atoms with Gasteiger partial charge >= 0.3 is 0 Å². The SMILES string of the molecule is CNC(c1ccc(C)o1)c1cc(Cl)ccc1Br. The Hall–Kier alpha value is -0.770. The van der Waals surface area contributed by atoms with Crippen LogP contribution in [0.4, 0.5) is 0 Å². The Labute approximate surface area is 114 Å². The number of hydrogen-bond acceptors (Lipinski definition) is 2. The second kappa shape index (κ2) is 5.25. The molecule has 2 nitrogen and oxygen atoms in total. The lowest BCUT2D eigenvalue weighted by Crippen LogP contribution is -2.17. The topological polar surface area (TPSA) is 25.2 Å². The summed E-state index contributed by atoms with van der Waals surface area (Å²) in [6.45, 7) is 1.93. The highest BCUT2D eigenvalue weighted by atomic mass is 79.9. The average Bonchev–Trinajstić information content (AvgIpc) is 2.71. The van der Waals surface area contributed by atoms with Crippen molar-refractivity contribution >= 4 is 27.5 Å². The van der Waals surface area contributed by atoms with Gasteiger partial charge in [0.25, 0.3) is 0 Å². The summed E-state index contributed by atoms with van der Waals surface area (Å²) in [5, 5.41) is 3.95. The first-order valence-corrected chi connectivity index (χ1v) is 6.47. The number of nitrogens with one attached hydrogen (secondary N) is 1. The van der Waals surface area contributed by atoms with Crippen LogP contribution in [0, 0.1) is 6.92 Å². The molecule has 0 fully saturated rings. The van der Waals surface area contributed by atoms with Crippen molar-refractivity contribution in [1.82, 2.24) is 5.32 Å². The molecule has 0 aliphatic heterocycles. The van der Waals surface area contributed by atoms with Crippen molar-refractivity contribution in [3.63, 3.8) is 0 Å². The predicted octanol–water partition coefficient (Wildman–Crippen LogP) is 4.31. The van der Waals surface area contributed by atoms with Crippen LogP contribution in [0.1, 0.15) is 23.1 Å². The fourth-order valence-corrected chi connectivity index (χ4v) is 2.45. The van der Waals surface area contributed by atoms with Gasteiger partial charge in [0.1, 0.15) is 11.5 Å². The molecule has 2 aromatic rings. The van der Waals surface area contributed by atoms with Crippen molar-refractivity contribution in [1.29, 1.82) is 0 Å². The first-order valence-electron chi connectivity index (χ1n) is 5.30. The molecule has 0 saturated carbocycles. The van der Waals surface area contributed by atoms with Crippen LogP contribution in [0.25, 0.3) is 0 Å². The van der Waals surface area contributed by atoms with E-state index in [1.807, 2.05) is 44.3 Å². The normalized spacial score (nSPS) is 12.7. The van der Waals surface area contributed by atoms with E-state index in [4.69, 9.17) is 16.0 Å². The molecule has 1 unspecified atom stereocenters. The molecule has 1 heterocycles. The molecule has 90 valence electrons. The van der Waals surface area contributed by atoms with E-state index in [0.29, 0.717) is 5.02 Å². The van der Waals surface area contributed by atoms with Crippen molar-refractivity contribution in [3.8, 4) is 0 Å². The van der Waals surface area contributed by atoms with Gasteiger partial charge in [-0.15, -0.1) is 0 Å². The molecule has 1 aromatic carbocycles. The minimum Gasteiger partial charge on any atom is -0.464 e. The van der Waals surface area contributed by atoms with Gasteiger partial charge in [0.15, 0.2) is 0 Å². The van der Waals surface area contributed by atoms with Crippen molar-refractivity contribution < 1.29 is 4.42 Å². The maximum atomic E-state index is 6.03. The van der Waals surface area contributed by atoms with Crippen LogP contribution in [0.2, 0.25) is 5.02 Å². The van der Waals surface area contributed by atoms with Crippen molar-refractivity contribution in [2.45, 2.75) is 13.0 Å². The van der Waals surface area contributed by atoms with E-state index in [9.17, 15) is 0 Å². The molecule has 0 amide bonds. The maximum Gasteiger partial charge on any atom is 0.125 e. The first kappa shape index (κ1) is 12.7. The Morgan fingerprint density at radius 1 is 1.29 bits per heavy atom. The van der Waals surface area contributed by atoms with E-state index < -0.39 is 0 Å². The van der Waals surface area contributed by atoms with E-state index in [0.717, 1.165) is 21.6 Å². The van der Waals surface area contributed by atoms with Crippen LogP contribution >= 0.6 is 27.5 Å². The second-order valence-electron chi connectivity index (χ2n) is 3.84. The first-order chi connectivity index (χ1) is 8.11. The van der Waals surface area contributed by atoms with E-state index in [2.05, 4.69) is 21.2 Å². The summed E-state index contributed by atoms with van der Waals surface area (Å²) in [4.78, 5) is 0. The van der Waals surface area contributed by atoms with Gasteiger partial charge < -0.3 is 9.73 Å². The molecule has 17 heavy (non-hydrogen) atoms. The van der Waals surface area contributed by atoms with Crippen LogP contribution in [0.3, 0.4) is 0 Å². The molecule has 2 rings (SSSR count). The third-order valence-electron chi connectivity index (χ3n) is 2.60. The van der Waals surface area contributed by atoms with Gasteiger partial charge in [0.05, 0.1) is 6.04 Å². The lowest BCUT2D eigenvalue weighted by atomic mass is 10.1. The van der Waals surface area contributed by atoms with Crippen molar-refractivity contribution in [2.75, 3.05) is 7.05 Å². The number of aryl methyl sites for hydroxylation is 1. The Morgan fingerprint density at radius 2 is 2.06 bits per heavy atom. The summed E-state index contributed by atoms with van der Waals surface area (Å²) in [5.74, 6) is 1.78. The summed E-state index contributed by atoms with van der Waals surface area (Å²) in [5.41, 5.74) is 1.06. The highest BCUT2D eigenvalue weighted by Gasteiger charge is 2.18. The molecule has 0 bridgehead atoms. The van der Waals surface area contributed by atoms with Gasteiger partial charge in [-0.2, -0.15) is 0 Å². The summed E-state index contributed by atoms with van der Waals surface area (Å²) in [6.07, 6.45) is 0. The third-order valence-corrected chi connectivity index (χ3v) is 3.56. The highest BCUT2D eigenvalue weighted by Crippen LogP contribution is 2.31. The zero-order chi connectivity index (χ0) is 12.4. The lowest BCUT2D eigenvalue weighted by Gasteiger charge is -2.16. The quantitative estimate of drug-likeness (QED) is 0.913. The zero-order valence-electron chi connectivity index (χ0n) is 9.63. The minimum atomic E-state index is -0.00299. The third kappa shape index (κ3) is 2.73. The molecule has 1 N–H and O–H groups in total. The monoisotopic (exact) mass is 313 g/mol. The van der Waals surface area contributed by atoms with Gasteiger partial charge in [0.2, 0.25) is 0 Å². The molecular weight excluding hydrogens is 302 g/mol. The Balaban J connectivity index is 2.45. The molecular formula is C13H13BrClNO. The van der Waals surface area contributed by atoms with Crippen LogP contribution in [-0.2, 0) is 0 Å². The van der Waals surface area contributed by atoms with E-state index in [1.165, 1.54) is 0 Å². The number of furan rings is 1. The van der Waals surface area contributed by atoms with Crippen molar-refractivity contribution in [2.24, 2.45) is 0 Å². The fraction of sp³-hybridized carbons (Fsp3) is 0.231. The largest absolute Gasteiger partial charge is 0.464 e. The number of benzene rings is 1. The second-order valence-corrected chi connectivity index (χ2v) is 5.13. The van der Waals surface area contributed by atoms with E-state index >= 15 is 0 Å². The van der Waals surface area contributed by atoms with Gasteiger partial charge in [-0.05, 0) is 49.9 Å². The zero-order valence-corrected chi connectivity index (χ0v) is 12.0. The van der Waals surface area contributed by atoms with Gasteiger partial charge in [-0.3, -0.25) is 0 Å². The molecule has 0 radical (unpaired) electrons. The maximum absolute atomic E-state index is 6.03.